The lowest BCUT2D eigenvalue weighted by atomic mass is 9.76. The van der Waals surface area contributed by atoms with Crippen LogP contribution in [-0.4, -0.2) is 11.4 Å². The molecule has 1 saturated carbocycles. The smallest absolute Gasteiger partial charge is 0.225 e. The Morgan fingerprint density at radius 2 is 2.32 bits per heavy atom. The van der Waals surface area contributed by atoms with Crippen molar-refractivity contribution in [3.63, 3.8) is 0 Å². The predicted molar refractivity (Wildman–Crippen MR) is 76.8 cm³/mol. The second-order valence-electron chi connectivity index (χ2n) is 5.40. The summed E-state index contributed by atoms with van der Waals surface area (Å²) in [5, 5.41) is 16.3. The maximum absolute atomic E-state index is 12.0. The van der Waals surface area contributed by atoms with Crippen LogP contribution in [0.2, 0.25) is 0 Å². The molecule has 1 aromatic rings. The van der Waals surface area contributed by atoms with E-state index in [4.69, 9.17) is 0 Å². The molecule has 0 spiro atoms. The summed E-state index contributed by atoms with van der Waals surface area (Å²) in [5.74, 6) is 0.685. The van der Waals surface area contributed by atoms with Crippen molar-refractivity contribution in [2.75, 3.05) is 0 Å². The first-order valence-corrected chi connectivity index (χ1v) is 7.85. The standard InChI is InChI=1S/C15H20N2OS/c1-2-12-3-6-15(11-16,7-4-12)17-14(18)9-13-5-8-19-10-13/h5,8,10,12H,2-4,6-7,9H2,1H3,(H,17,18). The summed E-state index contributed by atoms with van der Waals surface area (Å²) in [6.07, 6.45) is 5.22. The molecule has 102 valence electrons. The van der Waals surface area contributed by atoms with Crippen LogP contribution in [0.5, 0.6) is 0 Å². The molecular weight excluding hydrogens is 256 g/mol. The Hall–Kier alpha value is -1.34. The van der Waals surface area contributed by atoms with Gasteiger partial charge in [0.2, 0.25) is 5.91 Å². The molecule has 0 aliphatic heterocycles. The second-order valence-corrected chi connectivity index (χ2v) is 6.18. The lowest BCUT2D eigenvalue weighted by Crippen LogP contribution is -2.50. The SMILES string of the molecule is CCC1CCC(C#N)(NC(=O)Cc2ccsc2)CC1. The molecule has 1 amide bonds. The van der Waals surface area contributed by atoms with E-state index in [1.807, 2.05) is 16.8 Å². The van der Waals surface area contributed by atoms with Gasteiger partial charge in [0.25, 0.3) is 0 Å². The number of nitrogens with zero attached hydrogens (tertiary/aromatic N) is 1. The Labute approximate surface area is 118 Å². The molecule has 1 aliphatic carbocycles. The number of nitrogens with one attached hydrogen (secondary N) is 1. The maximum atomic E-state index is 12.0. The molecule has 0 aromatic carbocycles. The zero-order valence-corrected chi connectivity index (χ0v) is 12.1. The van der Waals surface area contributed by atoms with Gasteiger partial charge >= 0.3 is 0 Å². The van der Waals surface area contributed by atoms with Gasteiger partial charge in [0, 0.05) is 0 Å². The highest BCUT2D eigenvalue weighted by Gasteiger charge is 2.36. The van der Waals surface area contributed by atoms with E-state index in [2.05, 4.69) is 18.3 Å². The Morgan fingerprint density at radius 3 is 2.84 bits per heavy atom. The van der Waals surface area contributed by atoms with Gasteiger partial charge in [-0.1, -0.05) is 13.3 Å². The second kappa shape index (κ2) is 6.21. The zero-order valence-electron chi connectivity index (χ0n) is 11.3. The molecule has 3 nitrogen and oxygen atoms in total. The first-order valence-electron chi connectivity index (χ1n) is 6.91. The monoisotopic (exact) mass is 276 g/mol. The molecular formula is C15H20N2OS. The number of hydrogen-bond acceptors (Lipinski definition) is 3. The molecule has 0 radical (unpaired) electrons. The topological polar surface area (TPSA) is 52.9 Å². The van der Waals surface area contributed by atoms with Crippen LogP contribution in [0.15, 0.2) is 16.8 Å². The van der Waals surface area contributed by atoms with Crippen molar-refractivity contribution >= 4 is 17.2 Å². The molecule has 2 rings (SSSR count). The summed E-state index contributed by atoms with van der Waals surface area (Å²) in [6, 6.07) is 4.30. The number of amides is 1. The third-order valence-electron chi connectivity index (χ3n) is 4.07. The molecule has 4 heteroatoms. The van der Waals surface area contributed by atoms with Gasteiger partial charge in [0.15, 0.2) is 0 Å². The van der Waals surface area contributed by atoms with Gasteiger partial charge in [-0.05, 0) is 54.0 Å². The number of thiophene rings is 1. The van der Waals surface area contributed by atoms with Gasteiger partial charge < -0.3 is 5.32 Å². The van der Waals surface area contributed by atoms with Crippen LogP contribution in [0.3, 0.4) is 0 Å². The molecule has 1 heterocycles. The molecule has 0 saturated heterocycles. The normalized spacial score (nSPS) is 26.6. The van der Waals surface area contributed by atoms with Crippen molar-refractivity contribution in [3.8, 4) is 6.07 Å². The van der Waals surface area contributed by atoms with Gasteiger partial charge in [-0.25, -0.2) is 0 Å². The van der Waals surface area contributed by atoms with Crippen molar-refractivity contribution in [1.82, 2.24) is 5.32 Å². The minimum Gasteiger partial charge on any atom is -0.338 e. The minimum absolute atomic E-state index is 0.0325. The van der Waals surface area contributed by atoms with E-state index >= 15 is 0 Å². The van der Waals surface area contributed by atoms with E-state index in [9.17, 15) is 10.1 Å². The van der Waals surface area contributed by atoms with Crippen LogP contribution < -0.4 is 5.32 Å². The van der Waals surface area contributed by atoms with Crippen molar-refractivity contribution in [3.05, 3.63) is 22.4 Å². The first-order chi connectivity index (χ1) is 9.17. The molecule has 0 bridgehead atoms. The van der Waals surface area contributed by atoms with Crippen LogP contribution in [0.4, 0.5) is 0 Å². The van der Waals surface area contributed by atoms with Crippen LogP contribution in [0.1, 0.15) is 44.6 Å². The largest absolute Gasteiger partial charge is 0.338 e. The lowest BCUT2D eigenvalue weighted by molar-refractivity contribution is -0.122. The van der Waals surface area contributed by atoms with Crippen LogP contribution in [0, 0.1) is 17.2 Å². The highest BCUT2D eigenvalue weighted by molar-refractivity contribution is 7.07. The van der Waals surface area contributed by atoms with Gasteiger partial charge in [-0.2, -0.15) is 16.6 Å². The van der Waals surface area contributed by atoms with E-state index in [1.54, 1.807) is 11.3 Å². The summed E-state index contributed by atoms with van der Waals surface area (Å²) in [7, 11) is 0. The number of rotatable bonds is 4. The number of carbonyl (C=O) groups excluding carboxylic acids is 1. The molecule has 1 aromatic heterocycles. The van der Waals surface area contributed by atoms with E-state index in [-0.39, 0.29) is 5.91 Å². The summed E-state index contributed by atoms with van der Waals surface area (Å²) >= 11 is 1.59. The third kappa shape index (κ3) is 3.57. The maximum Gasteiger partial charge on any atom is 0.225 e. The van der Waals surface area contributed by atoms with E-state index in [0.29, 0.717) is 6.42 Å². The van der Waals surface area contributed by atoms with Gasteiger partial charge in [-0.15, -0.1) is 0 Å². The fourth-order valence-corrected chi connectivity index (χ4v) is 3.40. The third-order valence-corrected chi connectivity index (χ3v) is 4.81. The summed E-state index contributed by atoms with van der Waals surface area (Å²) in [6.45, 7) is 2.19. The number of carbonyl (C=O) groups is 1. The Bertz CT molecular complexity index is 453. The highest BCUT2D eigenvalue weighted by Crippen LogP contribution is 2.33. The van der Waals surface area contributed by atoms with Gasteiger partial charge in [0.05, 0.1) is 12.5 Å². The fraction of sp³-hybridized carbons (Fsp3) is 0.600. The molecule has 1 N–H and O–H groups in total. The molecule has 1 fully saturated rings. The minimum atomic E-state index is -0.626. The Morgan fingerprint density at radius 1 is 1.58 bits per heavy atom. The summed E-state index contributed by atoms with van der Waals surface area (Å²) in [5.41, 5.74) is 0.400. The number of nitriles is 1. The lowest BCUT2D eigenvalue weighted by Gasteiger charge is -2.35. The quantitative estimate of drug-likeness (QED) is 0.917. The average Bonchev–Trinajstić information content (AvgIpc) is 2.92. The first kappa shape index (κ1) is 14.1. The molecule has 0 unspecified atom stereocenters. The van der Waals surface area contributed by atoms with Crippen molar-refractivity contribution in [2.45, 2.75) is 51.0 Å². The van der Waals surface area contributed by atoms with Gasteiger partial charge in [0.1, 0.15) is 5.54 Å². The number of hydrogen-bond donors (Lipinski definition) is 1. The molecule has 19 heavy (non-hydrogen) atoms. The van der Waals surface area contributed by atoms with E-state index < -0.39 is 5.54 Å². The van der Waals surface area contributed by atoms with Crippen molar-refractivity contribution in [2.24, 2.45) is 5.92 Å². The Balaban J connectivity index is 1.92. The zero-order chi connectivity index (χ0) is 13.7. The molecule has 1 aliphatic rings. The van der Waals surface area contributed by atoms with Crippen LogP contribution >= 0.6 is 11.3 Å². The highest BCUT2D eigenvalue weighted by atomic mass is 32.1. The van der Waals surface area contributed by atoms with Crippen molar-refractivity contribution in [1.29, 1.82) is 5.26 Å². The summed E-state index contributed by atoms with van der Waals surface area (Å²) in [4.78, 5) is 12.0. The summed E-state index contributed by atoms with van der Waals surface area (Å²) < 4.78 is 0. The van der Waals surface area contributed by atoms with Gasteiger partial charge in [-0.3, -0.25) is 4.79 Å². The van der Waals surface area contributed by atoms with Crippen LogP contribution in [0.25, 0.3) is 0 Å². The average molecular weight is 276 g/mol. The molecule has 0 atom stereocenters. The van der Waals surface area contributed by atoms with Crippen molar-refractivity contribution < 1.29 is 4.79 Å². The Kier molecular flexibility index (Phi) is 4.60. The fourth-order valence-electron chi connectivity index (χ4n) is 2.73. The van der Waals surface area contributed by atoms with Crippen LogP contribution in [-0.2, 0) is 11.2 Å². The van der Waals surface area contributed by atoms with E-state index in [0.717, 1.165) is 37.2 Å². The van der Waals surface area contributed by atoms with E-state index in [1.165, 1.54) is 6.42 Å². The predicted octanol–water partition coefficient (Wildman–Crippen LogP) is 3.27.